The van der Waals surface area contributed by atoms with Gasteiger partial charge in [0.2, 0.25) is 5.91 Å². The van der Waals surface area contributed by atoms with Crippen LogP contribution in [0.25, 0.3) is 0 Å². The minimum Gasteiger partial charge on any atom is -0.337 e. The molecule has 0 radical (unpaired) electrons. The first-order chi connectivity index (χ1) is 10.4. The molecule has 5 heteroatoms. The fraction of sp³-hybridized carbons (Fsp3) is 0.529. The Bertz CT molecular complexity index is 562. The Morgan fingerprint density at radius 1 is 1.18 bits per heavy atom. The summed E-state index contributed by atoms with van der Waals surface area (Å²) < 4.78 is 0.993. The maximum absolute atomic E-state index is 12.7. The lowest BCUT2D eigenvalue weighted by atomic mass is 10.2. The Labute approximate surface area is 142 Å². The summed E-state index contributed by atoms with van der Waals surface area (Å²) in [6.45, 7) is 10.3. The van der Waals surface area contributed by atoms with Crippen molar-refractivity contribution in [1.29, 1.82) is 0 Å². The lowest BCUT2D eigenvalue weighted by Gasteiger charge is -2.33. The van der Waals surface area contributed by atoms with Crippen LogP contribution in [0, 0.1) is 0 Å². The average molecular weight is 337 g/mol. The van der Waals surface area contributed by atoms with E-state index in [-0.39, 0.29) is 23.2 Å². The van der Waals surface area contributed by atoms with Crippen LogP contribution in [0.5, 0.6) is 0 Å². The molecule has 22 heavy (non-hydrogen) atoms. The SMILES string of the molecule is CC(SC1=Nc2ccccc2CS1)C(=O)N(C(C)C)C(C)C. The van der Waals surface area contributed by atoms with Crippen LogP contribution < -0.4 is 0 Å². The van der Waals surface area contributed by atoms with Crippen LogP contribution in [0.3, 0.4) is 0 Å². The lowest BCUT2D eigenvalue weighted by Crippen LogP contribution is -2.45. The second-order valence-electron chi connectivity index (χ2n) is 5.99. The van der Waals surface area contributed by atoms with E-state index in [4.69, 9.17) is 0 Å². The molecule has 0 aromatic heterocycles. The van der Waals surface area contributed by atoms with Crippen LogP contribution in [0.15, 0.2) is 29.3 Å². The van der Waals surface area contributed by atoms with Gasteiger partial charge in [0.1, 0.15) is 4.38 Å². The van der Waals surface area contributed by atoms with Gasteiger partial charge in [-0.05, 0) is 46.2 Å². The first kappa shape index (κ1) is 17.4. The predicted octanol–water partition coefficient (Wildman–Crippen LogP) is 4.69. The van der Waals surface area contributed by atoms with Crippen LogP contribution in [0.2, 0.25) is 0 Å². The van der Waals surface area contributed by atoms with Crippen molar-refractivity contribution in [2.75, 3.05) is 0 Å². The molecule has 0 saturated heterocycles. The molecule has 0 saturated carbocycles. The third-order valence-electron chi connectivity index (χ3n) is 3.55. The van der Waals surface area contributed by atoms with Gasteiger partial charge in [-0.1, -0.05) is 41.7 Å². The second-order valence-corrected chi connectivity index (χ2v) is 8.54. The maximum Gasteiger partial charge on any atom is 0.236 e. The van der Waals surface area contributed by atoms with Gasteiger partial charge in [-0.2, -0.15) is 0 Å². The third kappa shape index (κ3) is 4.07. The first-order valence-corrected chi connectivity index (χ1v) is 9.55. The largest absolute Gasteiger partial charge is 0.337 e. The molecule has 0 bridgehead atoms. The second kappa shape index (κ2) is 7.55. The molecule has 1 aliphatic heterocycles. The van der Waals surface area contributed by atoms with Gasteiger partial charge < -0.3 is 4.90 Å². The summed E-state index contributed by atoms with van der Waals surface area (Å²) in [6, 6.07) is 8.64. The fourth-order valence-corrected chi connectivity index (χ4v) is 4.83. The Morgan fingerprint density at radius 3 is 2.45 bits per heavy atom. The highest BCUT2D eigenvalue weighted by atomic mass is 32.2. The Morgan fingerprint density at radius 2 is 1.82 bits per heavy atom. The van der Waals surface area contributed by atoms with Crippen molar-refractivity contribution in [3.63, 3.8) is 0 Å². The predicted molar refractivity (Wildman–Crippen MR) is 99.0 cm³/mol. The van der Waals surface area contributed by atoms with Gasteiger partial charge in [0.15, 0.2) is 0 Å². The molecule has 0 N–H and O–H groups in total. The van der Waals surface area contributed by atoms with E-state index in [0.29, 0.717) is 0 Å². The lowest BCUT2D eigenvalue weighted by molar-refractivity contribution is -0.133. The van der Waals surface area contributed by atoms with E-state index in [9.17, 15) is 4.79 Å². The number of nitrogens with zero attached hydrogens (tertiary/aromatic N) is 2. The molecule has 0 aliphatic carbocycles. The van der Waals surface area contributed by atoms with Crippen LogP contribution >= 0.6 is 23.5 Å². The first-order valence-electron chi connectivity index (χ1n) is 7.68. The van der Waals surface area contributed by atoms with Crippen molar-refractivity contribution < 1.29 is 4.79 Å². The van der Waals surface area contributed by atoms with E-state index in [1.54, 1.807) is 23.5 Å². The summed E-state index contributed by atoms with van der Waals surface area (Å²) in [5, 5.41) is -0.110. The molecule has 120 valence electrons. The third-order valence-corrected chi connectivity index (χ3v) is 5.83. The zero-order chi connectivity index (χ0) is 16.3. The number of hydrogen-bond acceptors (Lipinski definition) is 4. The molecule has 1 atom stereocenters. The molecule has 1 unspecified atom stereocenters. The number of thioether (sulfide) groups is 2. The van der Waals surface area contributed by atoms with Crippen molar-refractivity contribution >= 4 is 39.5 Å². The number of rotatable bonds is 4. The van der Waals surface area contributed by atoms with Gasteiger partial charge in [0.25, 0.3) is 0 Å². The zero-order valence-corrected chi connectivity index (χ0v) is 15.5. The molecular weight excluding hydrogens is 312 g/mol. The van der Waals surface area contributed by atoms with E-state index >= 15 is 0 Å². The summed E-state index contributed by atoms with van der Waals surface area (Å²) in [5.74, 6) is 1.12. The molecule has 2 rings (SSSR count). The maximum atomic E-state index is 12.7. The Balaban J connectivity index is 2.08. The zero-order valence-electron chi connectivity index (χ0n) is 13.9. The minimum atomic E-state index is -0.110. The number of carbonyl (C=O) groups excluding carboxylic acids is 1. The van der Waals surface area contributed by atoms with E-state index in [1.807, 2.05) is 30.0 Å². The molecule has 0 fully saturated rings. The Kier molecular flexibility index (Phi) is 5.98. The highest BCUT2D eigenvalue weighted by molar-refractivity contribution is 8.39. The summed E-state index contributed by atoms with van der Waals surface area (Å²) in [5.41, 5.74) is 2.30. The molecule has 3 nitrogen and oxygen atoms in total. The van der Waals surface area contributed by atoms with E-state index in [1.165, 1.54) is 5.56 Å². The van der Waals surface area contributed by atoms with Gasteiger partial charge in [-0.15, -0.1) is 0 Å². The molecule has 1 aromatic rings. The van der Waals surface area contributed by atoms with Crippen LogP contribution in [-0.4, -0.2) is 32.5 Å². The van der Waals surface area contributed by atoms with Crippen LogP contribution in [0.1, 0.15) is 40.2 Å². The van der Waals surface area contributed by atoms with Crippen molar-refractivity contribution in [2.24, 2.45) is 4.99 Å². The number of hydrogen-bond donors (Lipinski definition) is 0. The van der Waals surface area contributed by atoms with E-state index in [0.717, 1.165) is 15.8 Å². The van der Waals surface area contributed by atoms with Crippen molar-refractivity contribution in [3.05, 3.63) is 29.8 Å². The standard InChI is InChI=1S/C17H24N2OS2/c1-11(2)19(12(3)4)16(20)13(5)22-17-18-15-9-7-6-8-14(15)10-21-17/h6-9,11-13H,10H2,1-5H3. The topological polar surface area (TPSA) is 32.7 Å². The van der Waals surface area contributed by atoms with E-state index < -0.39 is 0 Å². The number of aliphatic imine (C=N–C) groups is 1. The summed E-state index contributed by atoms with van der Waals surface area (Å²) in [6.07, 6.45) is 0. The Hall–Kier alpha value is -0.940. The number of fused-ring (bicyclic) bond motifs is 1. The fourth-order valence-electron chi connectivity index (χ4n) is 2.59. The molecular formula is C17H24N2OS2. The summed E-state index contributed by atoms with van der Waals surface area (Å²) >= 11 is 3.30. The van der Waals surface area contributed by atoms with Gasteiger partial charge >= 0.3 is 0 Å². The van der Waals surface area contributed by atoms with Crippen LogP contribution in [-0.2, 0) is 10.5 Å². The average Bonchev–Trinajstić information content (AvgIpc) is 2.46. The quantitative estimate of drug-likeness (QED) is 0.800. The van der Waals surface area contributed by atoms with Gasteiger partial charge in [-0.25, -0.2) is 4.99 Å². The summed E-state index contributed by atoms with van der Waals surface area (Å²) in [7, 11) is 0. The van der Waals surface area contributed by atoms with Crippen molar-refractivity contribution in [2.45, 2.75) is 57.7 Å². The molecule has 1 aromatic carbocycles. The van der Waals surface area contributed by atoms with Gasteiger partial charge in [0, 0.05) is 17.8 Å². The van der Waals surface area contributed by atoms with Gasteiger partial charge in [0.05, 0.1) is 10.9 Å². The highest BCUT2D eigenvalue weighted by Crippen LogP contribution is 2.36. The van der Waals surface area contributed by atoms with E-state index in [2.05, 4.69) is 38.8 Å². The minimum absolute atomic E-state index is 0.110. The number of carbonyl (C=O) groups is 1. The number of benzene rings is 1. The molecule has 1 heterocycles. The summed E-state index contributed by atoms with van der Waals surface area (Å²) in [4.78, 5) is 19.3. The molecule has 1 aliphatic rings. The number of amides is 1. The van der Waals surface area contributed by atoms with Crippen molar-refractivity contribution in [3.8, 4) is 0 Å². The number of para-hydroxylation sites is 1. The monoisotopic (exact) mass is 336 g/mol. The molecule has 1 amide bonds. The van der Waals surface area contributed by atoms with Gasteiger partial charge in [-0.3, -0.25) is 4.79 Å². The van der Waals surface area contributed by atoms with Crippen LogP contribution in [0.4, 0.5) is 5.69 Å². The molecule has 0 spiro atoms. The van der Waals surface area contributed by atoms with Crippen molar-refractivity contribution in [1.82, 2.24) is 4.90 Å². The normalized spacial score (nSPS) is 15.5. The highest BCUT2D eigenvalue weighted by Gasteiger charge is 2.27. The smallest absolute Gasteiger partial charge is 0.236 e.